The van der Waals surface area contributed by atoms with Crippen LogP contribution in [0.1, 0.15) is 45.7 Å². The van der Waals surface area contributed by atoms with Crippen LogP contribution in [0.5, 0.6) is 0 Å². The highest BCUT2D eigenvalue weighted by Gasteiger charge is 2.22. The molecular weight excluding hydrogens is 921 g/mol. The largest absolute Gasteiger partial charge is 0.480 e. The van der Waals surface area contributed by atoms with Gasteiger partial charge in [-0.2, -0.15) is 36.0 Å². The van der Waals surface area contributed by atoms with Crippen molar-refractivity contribution < 1.29 is 36.3 Å². The van der Waals surface area contributed by atoms with Crippen LogP contribution in [0.4, 0.5) is 34.1 Å². The van der Waals surface area contributed by atoms with Crippen LogP contribution < -0.4 is 31.2 Å². The second-order valence-electron chi connectivity index (χ2n) is 15.8. The first-order chi connectivity index (χ1) is 32.0. The van der Waals surface area contributed by atoms with Crippen molar-refractivity contribution in [3.63, 3.8) is 0 Å². The maximum atomic E-state index is 13.0. The van der Waals surface area contributed by atoms with E-state index in [4.69, 9.17) is 9.84 Å². The SMILES string of the molecule is CCN(C)S(=O)(=O)Nc1cccc(Nc2ccc3ncn(CC(=O)O)c(=O)c3c2)c1C#N.CCN(C)S(=O)(=O)Nc1cccc(Nc2ccc3ncn(CC(=O)OC(C)(C)C)c(=O)c3c2)c1C#N. The van der Waals surface area contributed by atoms with Gasteiger partial charge >= 0.3 is 32.4 Å². The molecule has 5 N–H and O–H groups in total. The van der Waals surface area contributed by atoms with Crippen LogP contribution in [0.15, 0.2) is 95.0 Å². The van der Waals surface area contributed by atoms with Crippen LogP contribution in [0.2, 0.25) is 0 Å². The summed E-state index contributed by atoms with van der Waals surface area (Å²) >= 11 is 0. The van der Waals surface area contributed by atoms with Gasteiger partial charge in [0.2, 0.25) is 0 Å². The monoisotopic (exact) mass is 968 g/mol. The van der Waals surface area contributed by atoms with Gasteiger partial charge in [0.1, 0.15) is 30.8 Å². The van der Waals surface area contributed by atoms with Crippen molar-refractivity contribution >= 4 is 88.3 Å². The summed E-state index contributed by atoms with van der Waals surface area (Å²) in [7, 11) is -4.82. The highest BCUT2D eigenvalue weighted by Crippen LogP contribution is 2.30. The van der Waals surface area contributed by atoms with Gasteiger partial charge in [-0.05, 0) is 81.4 Å². The molecule has 0 fully saturated rings. The third kappa shape index (κ3) is 12.5. The topological polar surface area (TPSA) is 304 Å². The van der Waals surface area contributed by atoms with E-state index in [2.05, 4.69) is 30.0 Å². The summed E-state index contributed by atoms with van der Waals surface area (Å²) in [5, 5.41) is 34.9. The highest BCUT2D eigenvalue weighted by atomic mass is 32.2. The molecule has 0 aliphatic carbocycles. The molecule has 0 aliphatic heterocycles. The number of aliphatic carboxylic acids is 1. The Kier molecular flexibility index (Phi) is 15.9. The van der Waals surface area contributed by atoms with Crippen LogP contribution in [0.3, 0.4) is 0 Å². The zero-order valence-electron chi connectivity index (χ0n) is 37.9. The van der Waals surface area contributed by atoms with Crippen LogP contribution in [0, 0.1) is 22.7 Å². The number of rotatable bonds is 16. The van der Waals surface area contributed by atoms with E-state index >= 15 is 0 Å². The van der Waals surface area contributed by atoms with E-state index in [1.54, 1.807) is 89.2 Å². The van der Waals surface area contributed by atoms with Gasteiger partial charge in [-0.1, -0.05) is 26.0 Å². The van der Waals surface area contributed by atoms with Crippen molar-refractivity contribution in [2.24, 2.45) is 0 Å². The first-order valence-corrected chi connectivity index (χ1v) is 23.4. The van der Waals surface area contributed by atoms with Gasteiger partial charge in [0.05, 0.1) is 68.3 Å². The molecule has 0 spiro atoms. The number of ether oxygens (including phenoxy) is 1. The number of nitrogens with one attached hydrogen (secondary N) is 4. The third-order valence-electron chi connectivity index (χ3n) is 9.77. The smallest absolute Gasteiger partial charge is 0.326 e. The summed E-state index contributed by atoms with van der Waals surface area (Å²) in [5.74, 6) is -1.74. The summed E-state index contributed by atoms with van der Waals surface area (Å²) in [6, 6.07) is 22.9. The van der Waals surface area contributed by atoms with Gasteiger partial charge < -0.3 is 20.5 Å². The number of carbonyl (C=O) groups is 2. The molecule has 24 heteroatoms. The molecule has 0 radical (unpaired) electrons. The number of aromatic nitrogens is 4. The predicted octanol–water partition coefficient (Wildman–Crippen LogP) is 4.67. The Bertz CT molecular complexity index is 3340. The Morgan fingerprint density at radius 2 is 1.09 bits per heavy atom. The molecule has 0 aliphatic rings. The molecule has 22 nitrogen and oxygen atoms in total. The van der Waals surface area contributed by atoms with Crippen molar-refractivity contribution in [1.82, 2.24) is 27.7 Å². The van der Waals surface area contributed by atoms with E-state index in [0.717, 1.165) is 13.2 Å². The van der Waals surface area contributed by atoms with Gasteiger partial charge in [-0.3, -0.25) is 37.8 Å². The average Bonchev–Trinajstić information content (AvgIpc) is 3.27. The van der Waals surface area contributed by atoms with Crippen LogP contribution in [-0.4, -0.2) is 94.4 Å². The van der Waals surface area contributed by atoms with Crippen molar-refractivity contribution in [3.8, 4) is 12.1 Å². The molecule has 356 valence electrons. The quantitative estimate of drug-likeness (QED) is 0.0824. The number of carboxylic acid groups (broad SMARTS) is 1. The molecule has 2 aromatic heterocycles. The van der Waals surface area contributed by atoms with Crippen molar-refractivity contribution in [1.29, 1.82) is 10.5 Å². The number of hydrogen-bond donors (Lipinski definition) is 5. The molecular formula is C44H48N12O10S2. The number of nitrogens with zero attached hydrogens (tertiary/aromatic N) is 8. The van der Waals surface area contributed by atoms with Gasteiger partial charge in [-0.25, -0.2) is 9.97 Å². The number of anilines is 6. The Morgan fingerprint density at radius 3 is 1.46 bits per heavy atom. The van der Waals surface area contributed by atoms with Gasteiger partial charge in [0.15, 0.2) is 0 Å². The van der Waals surface area contributed by atoms with E-state index in [1.807, 2.05) is 12.1 Å². The molecule has 0 bridgehead atoms. The fourth-order valence-corrected chi connectivity index (χ4v) is 8.05. The summed E-state index contributed by atoms with van der Waals surface area (Å²) < 4.78 is 64.1. The Morgan fingerprint density at radius 1 is 0.691 bits per heavy atom. The first kappa shape index (κ1) is 51.1. The number of carboxylic acids is 1. The van der Waals surface area contributed by atoms with Crippen LogP contribution in [0.25, 0.3) is 21.8 Å². The van der Waals surface area contributed by atoms with Gasteiger partial charge in [0.25, 0.3) is 11.1 Å². The number of carbonyl (C=O) groups excluding carboxylic acids is 1. The lowest BCUT2D eigenvalue weighted by molar-refractivity contribution is -0.155. The second-order valence-corrected chi connectivity index (χ2v) is 19.3. The third-order valence-corrected chi connectivity index (χ3v) is 12.9. The zero-order chi connectivity index (χ0) is 50.1. The van der Waals surface area contributed by atoms with Gasteiger partial charge in [0, 0.05) is 38.6 Å². The molecule has 0 saturated carbocycles. The summed E-state index contributed by atoms with van der Waals surface area (Å²) in [6.07, 6.45) is 2.46. The Balaban J connectivity index is 0.000000256. The normalized spacial score (nSPS) is 11.6. The zero-order valence-corrected chi connectivity index (χ0v) is 39.6. The molecule has 2 heterocycles. The maximum Gasteiger partial charge on any atom is 0.326 e. The average molecular weight is 969 g/mol. The number of hydrogen-bond acceptors (Lipinski definition) is 15. The molecule has 68 heavy (non-hydrogen) atoms. The van der Waals surface area contributed by atoms with Crippen LogP contribution in [-0.2, 0) is 47.8 Å². The number of benzene rings is 4. The summed E-state index contributed by atoms with van der Waals surface area (Å²) in [6.45, 7) is 8.28. The van der Waals surface area contributed by atoms with Gasteiger partial charge in [-0.15, -0.1) is 0 Å². The van der Waals surface area contributed by atoms with E-state index in [1.165, 1.54) is 49.5 Å². The lowest BCUT2D eigenvalue weighted by Crippen LogP contribution is -2.32. The highest BCUT2D eigenvalue weighted by molar-refractivity contribution is 7.90. The fourth-order valence-electron chi connectivity index (χ4n) is 6.17. The van der Waals surface area contributed by atoms with E-state index in [9.17, 15) is 46.5 Å². The first-order valence-electron chi connectivity index (χ1n) is 20.5. The van der Waals surface area contributed by atoms with Crippen molar-refractivity contribution in [3.05, 3.63) is 117 Å². The molecule has 4 aromatic carbocycles. The van der Waals surface area contributed by atoms with Crippen molar-refractivity contribution in [2.45, 2.75) is 53.3 Å². The lowest BCUT2D eigenvalue weighted by atomic mass is 10.1. The standard InChI is InChI=1S/C24H28N6O5S.C20H20N6O5S/c1-6-29(5)36(33,34)28-21-9-7-8-20(18(21)13-25)27-16-10-11-19-17(12-16)23(32)30(15-26-19)14-22(31)35-24(2,3)4;1-3-25(2)32(30,31)24-18-6-4-5-17(15(18)10-21)23-13-7-8-16-14(9-13)20(29)26(12-22-16)11-19(27)28/h7-12,15,27-28H,6,14H2,1-5H3;4-9,12,23-24H,3,11H2,1-2H3,(H,27,28). The Hall–Kier alpha value is -7.90. The predicted molar refractivity (Wildman–Crippen MR) is 256 cm³/mol. The minimum absolute atomic E-state index is 0.0650. The molecule has 0 unspecified atom stereocenters. The molecule has 0 amide bonds. The fraction of sp³-hybridized carbons (Fsp3) is 0.273. The van der Waals surface area contributed by atoms with Crippen molar-refractivity contribution in [2.75, 3.05) is 47.3 Å². The molecule has 6 aromatic rings. The minimum Gasteiger partial charge on any atom is -0.480 e. The van der Waals surface area contributed by atoms with E-state index < -0.39 is 55.6 Å². The maximum absolute atomic E-state index is 13.0. The number of esters is 1. The van der Waals surface area contributed by atoms with Crippen LogP contribution >= 0.6 is 0 Å². The Labute approximate surface area is 391 Å². The lowest BCUT2D eigenvalue weighted by Gasteiger charge is -2.19. The summed E-state index contributed by atoms with van der Waals surface area (Å²) in [4.78, 5) is 57.1. The van der Waals surface area contributed by atoms with E-state index in [0.29, 0.717) is 33.8 Å². The minimum atomic E-state index is -3.83. The summed E-state index contributed by atoms with van der Waals surface area (Å²) in [5.41, 5.74) is 1.10. The second kappa shape index (κ2) is 21.2. The molecule has 6 rings (SSSR count). The number of fused-ring (bicyclic) bond motifs is 2. The molecule has 0 saturated heterocycles. The number of nitriles is 2. The van der Waals surface area contributed by atoms with E-state index in [-0.39, 0.29) is 52.9 Å². The molecule has 0 atom stereocenters.